The summed E-state index contributed by atoms with van der Waals surface area (Å²) in [6.45, 7) is 2.15. The molecule has 0 bridgehead atoms. The second-order valence-corrected chi connectivity index (χ2v) is 5.16. The molecule has 0 saturated heterocycles. The Morgan fingerprint density at radius 1 is 1.43 bits per heavy atom. The van der Waals surface area contributed by atoms with Gasteiger partial charge >= 0.3 is 0 Å². The molecule has 1 nitrogen and oxygen atoms in total. The number of likely N-dealkylation sites (N-methyl/N-ethyl adjacent to an activating group) is 1. The van der Waals surface area contributed by atoms with E-state index < -0.39 is 0 Å². The molecule has 0 atom stereocenters. The maximum absolute atomic E-state index is 3.61. The predicted octanol–water partition coefficient (Wildman–Crippen LogP) is 3.05. The Morgan fingerprint density at radius 2 is 2.14 bits per heavy atom. The second-order valence-electron chi connectivity index (χ2n) is 4.30. The molecule has 0 heterocycles. The minimum absolute atomic E-state index is 0.399. The van der Waals surface area contributed by atoms with E-state index in [0.717, 1.165) is 6.42 Å². The van der Waals surface area contributed by atoms with E-state index in [2.05, 4.69) is 53.4 Å². The summed E-state index contributed by atoms with van der Waals surface area (Å²) in [7, 11) is 2.07. The third kappa shape index (κ3) is 2.01. The van der Waals surface area contributed by atoms with Crippen molar-refractivity contribution in [1.82, 2.24) is 5.32 Å². The first-order chi connectivity index (χ1) is 6.65. The van der Waals surface area contributed by atoms with Crippen LogP contribution in [0.2, 0.25) is 0 Å². The number of hydrogen-bond donors (Lipinski definition) is 1. The summed E-state index contributed by atoms with van der Waals surface area (Å²) in [6.07, 6.45) is 3.76. The molecule has 0 unspecified atom stereocenters. The zero-order valence-electron chi connectivity index (χ0n) is 8.73. The Balaban J connectivity index is 2.20. The number of rotatable bonds is 3. The van der Waals surface area contributed by atoms with Crippen LogP contribution in [0.1, 0.15) is 24.0 Å². The van der Waals surface area contributed by atoms with Crippen molar-refractivity contribution in [1.29, 1.82) is 0 Å². The third-order valence-electron chi connectivity index (χ3n) is 3.11. The van der Waals surface area contributed by atoms with Gasteiger partial charge in [-0.2, -0.15) is 0 Å². The normalized spacial score (nSPS) is 18.2. The van der Waals surface area contributed by atoms with Crippen LogP contribution in [0, 0.1) is 6.92 Å². The van der Waals surface area contributed by atoms with Gasteiger partial charge < -0.3 is 5.32 Å². The molecular formula is C12H16BrN. The Morgan fingerprint density at radius 3 is 2.71 bits per heavy atom. The first-order valence-electron chi connectivity index (χ1n) is 5.09. The molecule has 0 amide bonds. The molecule has 0 aromatic heterocycles. The lowest BCUT2D eigenvalue weighted by Crippen LogP contribution is -2.29. The molecule has 1 N–H and O–H groups in total. The van der Waals surface area contributed by atoms with Crippen molar-refractivity contribution in [3.05, 3.63) is 33.8 Å². The average Bonchev–Trinajstić information content (AvgIpc) is 2.92. The van der Waals surface area contributed by atoms with Crippen molar-refractivity contribution in [2.75, 3.05) is 7.05 Å². The van der Waals surface area contributed by atoms with E-state index in [4.69, 9.17) is 0 Å². The largest absolute Gasteiger partial charge is 0.314 e. The maximum Gasteiger partial charge on any atom is 0.0220 e. The van der Waals surface area contributed by atoms with E-state index in [-0.39, 0.29) is 0 Å². The zero-order valence-corrected chi connectivity index (χ0v) is 10.3. The van der Waals surface area contributed by atoms with E-state index in [1.54, 1.807) is 0 Å². The van der Waals surface area contributed by atoms with Crippen LogP contribution in [0.25, 0.3) is 0 Å². The van der Waals surface area contributed by atoms with Crippen molar-refractivity contribution in [2.24, 2.45) is 0 Å². The fourth-order valence-corrected chi connectivity index (χ4v) is 2.26. The van der Waals surface area contributed by atoms with Crippen molar-refractivity contribution in [3.63, 3.8) is 0 Å². The number of aryl methyl sites for hydroxylation is 1. The summed E-state index contributed by atoms with van der Waals surface area (Å²) in [5.74, 6) is 0. The lowest BCUT2D eigenvalue weighted by Gasteiger charge is -2.15. The summed E-state index contributed by atoms with van der Waals surface area (Å²) in [4.78, 5) is 0. The van der Waals surface area contributed by atoms with Gasteiger partial charge in [0, 0.05) is 10.0 Å². The SMILES string of the molecule is CNC1(Cc2cc(C)ccc2Br)CC1. The van der Waals surface area contributed by atoms with Crippen LogP contribution in [0.5, 0.6) is 0 Å². The summed E-state index contributed by atoms with van der Waals surface area (Å²) < 4.78 is 1.24. The van der Waals surface area contributed by atoms with Gasteiger partial charge in [-0.3, -0.25) is 0 Å². The molecular weight excluding hydrogens is 238 g/mol. The van der Waals surface area contributed by atoms with Gasteiger partial charge in [-0.1, -0.05) is 33.6 Å². The quantitative estimate of drug-likeness (QED) is 0.874. The lowest BCUT2D eigenvalue weighted by atomic mass is 10.0. The molecule has 1 aromatic rings. The number of benzene rings is 1. The first-order valence-corrected chi connectivity index (χ1v) is 5.88. The fraction of sp³-hybridized carbons (Fsp3) is 0.500. The van der Waals surface area contributed by atoms with Crippen LogP contribution < -0.4 is 5.32 Å². The Bertz CT molecular complexity index is 342. The van der Waals surface area contributed by atoms with E-state index in [0.29, 0.717) is 5.54 Å². The molecule has 1 aliphatic carbocycles. The molecule has 14 heavy (non-hydrogen) atoms. The molecule has 2 rings (SSSR count). The first kappa shape index (κ1) is 10.2. The van der Waals surface area contributed by atoms with Crippen molar-refractivity contribution < 1.29 is 0 Å². The molecule has 2 heteroatoms. The van der Waals surface area contributed by atoms with Crippen LogP contribution >= 0.6 is 15.9 Å². The fourth-order valence-electron chi connectivity index (χ4n) is 1.87. The van der Waals surface area contributed by atoms with Gasteiger partial charge in [0.1, 0.15) is 0 Å². The van der Waals surface area contributed by atoms with Crippen molar-refractivity contribution >= 4 is 15.9 Å². The zero-order chi connectivity index (χ0) is 10.2. The van der Waals surface area contributed by atoms with Gasteiger partial charge in [-0.05, 0) is 44.9 Å². The highest BCUT2D eigenvalue weighted by Crippen LogP contribution is 2.39. The molecule has 1 saturated carbocycles. The van der Waals surface area contributed by atoms with Crippen LogP contribution in [0.15, 0.2) is 22.7 Å². The van der Waals surface area contributed by atoms with Gasteiger partial charge in [0.15, 0.2) is 0 Å². The highest BCUT2D eigenvalue weighted by atomic mass is 79.9. The number of hydrogen-bond acceptors (Lipinski definition) is 1. The minimum Gasteiger partial charge on any atom is -0.314 e. The predicted molar refractivity (Wildman–Crippen MR) is 63.6 cm³/mol. The van der Waals surface area contributed by atoms with Gasteiger partial charge in [-0.15, -0.1) is 0 Å². The molecule has 1 fully saturated rings. The standard InChI is InChI=1S/C12H16BrN/c1-9-3-4-11(13)10(7-9)8-12(14-2)5-6-12/h3-4,7,14H,5-6,8H2,1-2H3. The molecule has 1 aromatic carbocycles. The van der Waals surface area contributed by atoms with E-state index in [1.807, 2.05) is 0 Å². The van der Waals surface area contributed by atoms with Crippen LogP contribution in [-0.2, 0) is 6.42 Å². The lowest BCUT2D eigenvalue weighted by molar-refractivity contribution is 0.547. The van der Waals surface area contributed by atoms with Crippen LogP contribution in [0.4, 0.5) is 0 Å². The average molecular weight is 254 g/mol. The van der Waals surface area contributed by atoms with Gasteiger partial charge in [-0.25, -0.2) is 0 Å². The molecule has 76 valence electrons. The minimum atomic E-state index is 0.399. The number of halogens is 1. The molecule has 0 aliphatic heterocycles. The second kappa shape index (κ2) is 3.67. The molecule has 0 spiro atoms. The highest BCUT2D eigenvalue weighted by molar-refractivity contribution is 9.10. The van der Waals surface area contributed by atoms with Gasteiger partial charge in [0.2, 0.25) is 0 Å². The van der Waals surface area contributed by atoms with Crippen molar-refractivity contribution in [2.45, 2.75) is 31.7 Å². The summed E-state index contributed by atoms with van der Waals surface area (Å²) in [6, 6.07) is 6.57. The van der Waals surface area contributed by atoms with Gasteiger partial charge in [0.25, 0.3) is 0 Å². The van der Waals surface area contributed by atoms with Crippen LogP contribution in [-0.4, -0.2) is 12.6 Å². The highest BCUT2D eigenvalue weighted by Gasteiger charge is 2.41. The topological polar surface area (TPSA) is 12.0 Å². The van der Waals surface area contributed by atoms with E-state index >= 15 is 0 Å². The maximum atomic E-state index is 3.61. The Kier molecular flexibility index (Phi) is 2.67. The third-order valence-corrected chi connectivity index (χ3v) is 3.89. The smallest absolute Gasteiger partial charge is 0.0220 e. The summed E-state index contributed by atoms with van der Waals surface area (Å²) >= 11 is 3.61. The van der Waals surface area contributed by atoms with E-state index in [9.17, 15) is 0 Å². The van der Waals surface area contributed by atoms with Crippen LogP contribution in [0.3, 0.4) is 0 Å². The molecule has 1 aliphatic rings. The van der Waals surface area contributed by atoms with Crippen molar-refractivity contribution in [3.8, 4) is 0 Å². The van der Waals surface area contributed by atoms with E-state index in [1.165, 1.54) is 28.4 Å². The summed E-state index contributed by atoms with van der Waals surface area (Å²) in [5.41, 5.74) is 3.17. The number of nitrogens with one attached hydrogen (secondary N) is 1. The molecule has 0 radical (unpaired) electrons. The Hall–Kier alpha value is -0.340. The monoisotopic (exact) mass is 253 g/mol. The Labute approximate surface area is 94.0 Å². The van der Waals surface area contributed by atoms with Gasteiger partial charge in [0.05, 0.1) is 0 Å². The summed E-state index contributed by atoms with van der Waals surface area (Å²) in [5, 5.41) is 3.43.